The lowest BCUT2D eigenvalue weighted by molar-refractivity contribution is -0.116. The molecule has 0 radical (unpaired) electrons. The molecule has 1 N–H and O–H groups in total. The van der Waals surface area contributed by atoms with Gasteiger partial charge in [-0.05, 0) is 20.8 Å². The normalized spacial score (nSPS) is 18.8. The molecule has 70 valence electrons. The van der Waals surface area contributed by atoms with Gasteiger partial charge in [-0.25, -0.2) is 0 Å². The predicted octanol–water partition coefficient (Wildman–Crippen LogP) is 0.783. The molecule has 0 aliphatic heterocycles. The first kappa shape index (κ1) is 9.86. The monoisotopic (exact) mass is 180 g/mol. The van der Waals surface area contributed by atoms with Gasteiger partial charge < -0.3 is 5.11 Å². The fourth-order valence-corrected chi connectivity index (χ4v) is 1.35. The Morgan fingerprint density at radius 1 is 0.923 bits per heavy atom. The molecule has 1 aliphatic carbocycles. The molecule has 0 fully saturated rings. The van der Waals surface area contributed by atoms with Crippen LogP contribution >= 0.6 is 0 Å². The topological polar surface area (TPSA) is 54.4 Å². The first-order valence-corrected chi connectivity index (χ1v) is 4.08. The summed E-state index contributed by atoms with van der Waals surface area (Å²) in [5.41, 5.74) is 1.53. The van der Waals surface area contributed by atoms with Crippen molar-refractivity contribution in [3.05, 3.63) is 22.3 Å². The summed E-state index contributed by atoms with van der Waals surface area (Å²) in [4.78, 5) is 23.0. The number of carbonyl (C=O) groups excluding carboxylic acids is 2. The molecule has 0 saturated carbocycles. The van der Waals surface area contributed by atoms with E-state index in [1.54, 1.807) is 20.8 Å². The highest BCUT2D eigenvalue weighted by molar-refractivity contribution is 6.24. The average Bonchev–Trinajstić information content (AvgIpc) is 2.13. The maximum absolute atomic E-state index is 11.5. The van der Waals surface area contributed by atoms with Crippen LogP contribution in [0.15, 0.2) is 22.3 Å². The van der Waals surface area contributed by atoms with Gasteiger partial charge in [0.15, 0.2) is 11.6 Å². The minimum Gasteiger partial charge on any atom is -0.392 e. The van der Waals surface area contributed by atoms with E-state index in [1.807, 2.05) is 0 Å². The number of rotatable bonds is 1. The van der Waals surface area contributed by atoms with Crippen LogP contribution in [-0.2, 0) is 9.59 Å². The molecule has 0 aromatic heterocycles. The number of hydrogen-bond acceptors (Lipinski definition) is 3. The molecule has 0 bridgehead atoms. The number of allylic oxidation sites excluding steroid dienone is 3. The molecular weight excluding hydrogens is 168 g/mol. The molecule has 0 heterocycles. The van der Waals surface area contributed by atoms with Gasteiger partial charge in [0, 0.05) is 22.3 Å². The van der Waals surface area contributed by atoms with Gasteiger partial charge in [0.25, 0.3) is 0 Å². The van der Waals surface area contributed by atoms with E-state index in [9.17, 15) is 9.59 Å². The third kappa shape index (κ3) is 1.35. The van der Waals surface area contributed by atoms with Crippen LogP contribution in [0.25, 0.3) is 0 Å². The van der Waals surface area contributed by atoms with E-state index in [2.05, 4.69) is 0 Å². The van der Waals surface area contributed by atoms with E-state index < -0.39 is 0 Å². The Morgan fingerprint density at radius 2 is 1.38 bits per heavy atom. The molecular formula is C10H12O3. The molecule has 0 aromatic carbocycles. The van der Waals surface area contributed by atoms with Crippen molar-refractivity contribution in [2.75, 3.05) is 6.61 Å². The standard InChI is InChI=1S/C10H12O3/c1-5-6(2)10(13)8(4-11)7(3)9(5)12/h11H,4H2,1-3H3. The van der Waals surface area contributed by atoms with Crippen LogP contribution in [-0.4, -0.2) is 23.3 Å². The molecule has 0 aromatic rings. The van der Waals surface area contributed by atoms with Crippen molar-refractivity contribution >= 4 is 11.6 Å². The third-order valence-corrected chi connectivity index (χ3v) is 2.47. The van der Waals surface area contributed by atoms with Crippen LogP contribution in [0.2, 0.25) is 0 Å². The van der Waals surface area contributed by atoms with Gasteiger partial charge in [0.05, 0.1) is 6.61 Å². The molecule has 3 heteroatoms. The molecule has 0 amide bonds. The largest absolute Gasteiger partial charge is 0.392 e. The van der Waals surface area contributed by atoms with E-state index in [0.717, 1.165) is 0 Å². The van der Waals surface area contributed by atoms with Crippen molar-refractivity contribution in [1.29, 1.82) is 0 Å². The Bertz CT molecular complexity index is 345. The molecule has 0 unspecified atom stereocenters. The highest BCUT2D eigenvalue weighted by Gasteiger charge is 2.26. The lowest BCUT2D eigenvalue weighted by Crippen LogP contribution is -2.22. The highest BCUT2D eigenvalue weighted by Crippen LogP contribution is 2.23. The number of carbonyl (C=O) groups is 2. The van der Waals surface area contributed by atoms with Gasteiger partial charge in [-0.3, -0.25) is 9.59 Å². The van der Waals surface area contributed by atoms with Crippen molar-refractivity contribution in [2.45, 2.75) is 20.8 Å². The lowest BCUT2D eigenvalue weighted by atomic mass is 9.86. The maximum Gasteiger partial charge on any atom is 0.187 e. The molecule has 13 heavy (non-hydrogen) atoms. The number of aliphatic hydroxyl groups excluding tert-OH is 1. The second-order valence-corrected chi connectivity index (χ2v) is 3.17. The fraction of sp³-hybridized carbons (Fsp3) is 0.400. The van der Waals surface area contributed by atoms with Gasteiger partial charge in [-0.1, -0.05) is 0 Å². The summed E-state index contributed by atoms with van der Waals surface area (Å²) < 4.78 is 0. The minimum absolute atomic E-state index is 0.138. The van der Waals surface area contributed by atoms with Gasteiger partial charge in [-0.15, -0.1) is 0 Å². The quantitative estimate of drug-likeness (QED) is 0.607. The zero-order valence-corrected chi connectivity index (χ0v) is 7.97. The molecule has 3 nitrogen and oxygen atoms in total. The smallest absolute Gasteiger partial charge is 0.187 e. The summed E-state index contributed by atoms with van der Waals surface area (Å²) in [6, 6.07) is 0. The van der Waals surface area contributed by atoms with E-state index >= 15 is 0 Å². The van der Waals surface area contributed by atoms with Crippen LogP contribution in [0.5, 0.6) is 0 Å². The van der Waals surface area contributed by atoms with E-state index in [-0.39, 0.29) is 23.7 Å². The van der Waals surface area contributed by atoms with Crippen molar-refractivity contribution in [3.63, 3.8) is 0 Å². The van der Waals surface area contributed by atoms with Crippen molar-refractivity contribution in [1.82, 2.24) is 0 Å². The molecule has 0 atom stereocenters. The molecule has 0 spiro atoms. The van der Waals surface area contributed by atoms with Gasteiger partial charge in [0.2, 0.25) is 0 Å². The Hall–Kier alpha value is -1.22. The number of aliphatic hydroxyl groups is 1. The van der Waals surface area contributed by atoms with Crippen molar-refractivity contribution in [2.24, 2.45) is 0 Å². The second kappa shape index (κ2) is 3.26. The Balaban J connectivity index is 3.29. The molecule has 0 saturated heterocycles. The van der Waals surface area contributed by atoms with E-state index in [0.29, 0.717) is 16.7 Å². The minimum atomic E-state index is -0.360. The van der Waals surface area contributed by atoms with Crippen LogP contribution in [0.4, 0.5) is 0 Å². The summed E-state index contributed by atoms with van der Waals surface area (Å²) >= 11 is 0. The van der Waals surface area contributed by atoms with Gasteiger partial charge >= 0.3 is 0 Å². The Morgan fingerprint density at radius 3 is 1.85 bits per heavy atom. The molecule has 1 aliphatic rings. The Kier molecular flexibility index (Phi) is 2.48. The third-order valence-electron chi connectivity index (χ3n) is 2.47. The predicted molar refractivity (Wildman–Crippen MR) is 48.2 cm³/mol. The maximum atomic E-state index is 11.5. The lowest BCUT2D eigenvalue weighted by Gasteiger charge is -2.16. The molecule has 1 rings (SSSR count). The summed E-state index contributed by atoms with van der Waals surface area (Å²) in [6.45, 7) is 4.45. The first-order chi connectivity index (χ1) is 6.00. The zero-order chi connectivity index (χ0) is 10.2. The highest BCUT2D eigenvalue weighted by atomic mass is 16.3. The van der Waals surface area contributed by atoms with Gasteiger partial charge in [-0.2, -0.15) is 0 Å². The van der Waals surface area contributed by atoms with Crippen LogP contribution in [0.3, 0.4) is 0 Å². The number of ketones is 2. The van der Waals surface area contributed by atoms with Crippen LogP contribution in [0, 0.1) is 0 Å². The Labute approximate surface area is 76.8 Å². The van der Waals surface area contributed by atoms with Crippen LogP contribution in [0.1, 0.15) is 20.8 Å². The van der Waals surface area contributed by atoms with Gasteiger partial charge in [0.1, 0.15) is 0 Å². The summed E-state index contributed by atoms with van der Waals surface area (Å²) in [7, 11) is 0. The number of hydrogen-bond donors (Lipinski definition) is 1. The summed E-state index contributed by atoms with van der Waals surface area (Å²) in [5, 5.41) is 8.90. The van der Waals surface area contributed by atoms with E-state index in [4.69, 9.17) is 5.11 Å². The SMILES string of the molecule is CC1=C(C)C(=O)C(CO)=C(C)C1=O. The summed E-state index contributed by atoms with van der Waals surface area (Å²) in [5.74, 6) is -0.349. The zero-order valence-electron chi connectivity index (χ0n) is 7.97. The van der Waals surface area contributed by atoms with Crippen LogP contribution < -0.4 is 0 Å². The van der Waals surface area contributed by atoms with E-state index in [1.165, 1.54) is 0 Å². The fourth-order valence-electron chi connectivity index (χ4n) is 1.35. The first-order valence-electron chi connectivity index (χ1n) is 4.08. The van der Waals surface area contributed by atoms with Crippen molar-refractivity contribution in [3.8, 4) is 0 Å². The van der Waals surface area contributed by atoms with Crippen molar-refractivity contribution < 1.29 is 14.7 Å². The average molecular weight is 180 g/mol. The number of Topliss-reactive ketones (excluding diaryl/α,β-unsaturated/α-hetero) is 2. The second-order valence-electron chi connectivity index (χ2n) is 3.17. The summed E-state index contributed by atoms with van der Waals surface area (Å²) in [6.07, 6.45) is 0.